The van der Waals surface area contributed by atoms with Crippen molar-refractivity contribution >= 4 is 10.0 Å². The molecule has 1 aliphatic rings. The van der Waals surface area contributed by atoms with Crippen LogP contribution in [0, 0.1) is 6.92 Å². The molecule has 1 heterocycles. The first-order valence-corrected chi connectivity index (χ1v) is 10.8. The molecule has 2 aromatic carbocycles. The van der Waals surface area contributed by atoms with E-state index in [0.29, 0.717) is 10.7 Å². The third kappa shape index (κ3) is 3.94. The molecule has 0 bridgehead atoms. The predicted octanol–water partition coefficient (Wildman–Crippen LogP) is 4.83. The van der Waals surface area contributed by atoms with Crippen LogP contribution in [0.25, 0.3) is 0 Å². The lowest BCUT2D eigenvalue weighted by Crippen LogP contribution is -2.38. The Kier molecular flexibility index (Phi) is 6.02. The van der Waals surface area contributed by atoms with E-state index in [1.807, 2.05) is 55.5 Å². The Morgan fingerprint density at radius 2 is 1.70 bits per heavy atom. The van der Waals surface area contributed by atoms with Gasteiger partial charge in [-0.1, -0.05) is 67.8 Å². The number of hydrogen-bond acceptors (Lipinski definition) is 3. The zero-order valence-electron chi connectivity index (χ0n) is 16.1. The molecule has 144 valence electrons. The lowest BCUT2D eigenvalue weighted by Gasteiger charge is -2.30. The van der Waals surface area contributed by atoms with Crippen LogP contribution in [-0.2, 0) is 14.8 Å². The molecule has 2 aromatic rings. The normalized spacial score (nSPS) is 20.5. The minimum Gasteiger partial charge on any atom is -0.499 e. The van der Waals surface area contributed by atoms with Crippen molar-refractivity contribution in [3.63, 3.8) is 0 Å². The largest absolute Gasteiger partial charge is 0.499 e. The fraction of sp³-hybridized carbons (Fsp3) is 0.364. The van der Waals surface area contributed by atoms with Gasteiger partial charge in [0.05, 0.1) is 12.0 Å². The number of nitrogens with zero attached hydrogens (tertiary/aromatic N) is 1. The van der Waals surface area contributed by atoms with Crippen molar-refractivity contribution in [2.24, 2.45) is 0 Å². The fourth-order valence-electron chi connectivity index (χ4n) is 3.57. The molecule has 0 saturated carbocycles. The highest BCUT2D eigenvalue weighted by Gasteiger charge is 2.44. The summed E-state index contributed by atoms with van der Waals surface area (Å²) in [5.41, 5.74) is 1.95. The van der Waals surface area contributed by atoms with Crippen LogP contribution in [0.3, 0.4) is 0 Å². The van der Waals surface area contributed by atoms with Crippen LogP contribution in [0.2, 0.25) is 0 Å². The molecule has 3 rings (SSSR count). The van der Waals surface area contributed by atoms with Crippen molar-refractivity contribution in [1.29, 1.82) is 0 Å². The zero-order valence-corrected chi connectivity index (χ0v) is 16.9. The molecule has 0 unspecified atom stereocenters. The summed E-state index contributed by atoms with van der Waals surface area (Å²) >= 11 is 0. The molecule has 0 saturated heterocycles. The number of methoxy groups -OCH3 is 1. The fourth-order valence-corrected chi connectivity index (χ4v) is 5.32. The van der Waals surface area contributed by atoms with Crippen LogP contribution in [0.1, 0.15) is 43.4 Å². The second-order valence-corrected chi connectivity index (χ2v) is 8.79. The Hall–Kier alpha value is -2.11. The SMILES string of the molecule is CCCC[C@@H]1C=C(OC)[C@H](c2ccccc2)N1S(=O)(=O)c1ccc(C)cc1. The summed E-state index contributed by atoms with van der Waals surface area (Å²) in [5.74, 6) is 0.693. The van der Waals surface area contributed by atoms with Crippen molar-refractivity contribution < 1.29 is 13.2 Å². The lowest BCUT2D eigenvalue weighted by molar-refractivity contribution is 0.225. The number of ether oxygens (including phenoxy) is 1. The summed E-state index contributed by atoms with van der Waals surface area (Å²) in [5, 5.41) is 0. The maximum absolute atomic E-state index is 13.6. The summed E-state index contributed by atoms with van der Waals surface area (Å²) in [6, 6.07) is 16.1. The molecule has 4 nitrogen and oxygen atoms in total. The second-order valence-electron chi connectivity index (χ2n) is 6.94. The average Bonchev–Trinajstić information content (AvgIpc) is 3.07. The van der Waals surface area contributed by atoms with Gasteiger partial charge < -0.3 is 4.74 Å². The molecule has 2 atom stereocenters. The van der Waals surface area contributed by atoms with Gasteiger partial charge >= 0.3 is 0 Å². The molecule has 0 amide bonds. The third-order valence-corrected chi connectivity index (χ3v) is 6.91. The molecule has 0 aliphatic carbocycles. The van der Waals surface area contributed by atoms with Crippen molar-refractivity contribution in [2.45, 2.75) is 50.1 Å². The van der Waals surface area contributed by atoms with Gasteiger partial charge in [0.15, 0.2) is 0 Å². The summed E-state index contributed by atoms with van der Waals surface area (Å²) in [6.07, 6.45) is 4.72. The van der Waals surface area contributed by atoms with E-state index in [4.69, 9.17) is 4.74 Å². The molecule has 0 spiro atoms. The molecule has 0 aromatic heterocycles. The van der Waals surface area contributed by atoms with E-state index in [9.17, 15) is 8.42 Å². The van der Waals surface area contributed by atoms with Crippen LogP contribution < -0.4 is 0 Å². The maximum atomic E-state index is 13.6. The second kappa shape index (κ2) is 8.28. The van der Waals surface area contributed by atoms with Crippen molar-refractivity contribution in [2.75, 3.05) is 7.11 Å². The van der Waals surface area contributed by atoms with Crippen LogP contribution in [0.15, 0.2) is 71.3 Å². The highest BCUT2D eigenvalue weighted by Crippen LogP contribution is 2.42. The van der Waals surface area contributed by atoms with Crippen LogP contribution in [0.4, 0.5) is 0 Å². The van der Waals surface area contributed by atoms with E-state index in [1.54, 1.807) is 23.5 Å². The molecule has 0 N–H and O–H groups in total. The number of benzene rings is 2. The molecular formula is C22H27NO3S. The first kappa shape index (κ1) is 19.6. The van der Waals surface area contributed by atoms with E-state index >= 15 is 0 Å². The minimum absolute atomic E-state index is 0.212. The van der Waals surface area contributed by atoms with Gasteiger partial charge in [0.25, 0.3) is 0 Å². The molecule has 1 aliphatic heterocycles. The number of aryl methyl sites for hydroxylation is 1. The Bertz CT molecular complexity index is 889. The Morgan fingerprint density at radius 1 is 1.04 bits per heavy atom. The van der Waals surface area contributed by atoms with Gasteiger partial charge in [-0.2, -0.15) is 4.31 Å². The average molecular weight is 386 g/mol. The quantitative estimate of drug-likeness (QED) is 0.686. The van der Waals surface area contributed by atoms with E-state index in [-0.39, 0.29) is 6.04 Å². The predicted molar refractivity (Wildman–Crippen MR) is 108 cm³/mol. The molecular weight excluding hydrogens is 358 g/mol. The van der Waals surface area contributed by atoms with Crippen LogP contribution in [-0.4, -0.2) is 25.9 Å². The number of hydrogen-bond donors (Lipinski definition) is 0. The Morgan fingerprint density at radius 3 is 2.30 bits per heavy atom. The van der Waals surface area contributed by atoms with Gasteiger partial charge in [-0.15, -0.1) is 0 Å². The summed E-state index contributed by atoms with van der Waals surface area (Å²) in [6.45, 7) is 4.07. The molecule has 0 fully saturated rings. The van der Waals surface area contributed by atoms with Gasteiger partial charge in [-0.05, 0) is 37.1 Å². The maximum Gasteiger partial charge on any atom is 0.244 e. The van der Waals surface area contributed by atoms with Gasteiger partial charge in [0.1, 0.15) is 11.8 Å². The van der Waals surface area contributed by atoms with E-state index in [1.165, 1.54) is 0 Å². The third-order valence-electron chi connectivity index (χ3n) is 5.01. The highest BCUT2D eigenvalue weighted by molar-refractivity contribution is 7.89. The van der Waals surface area contributed by atoms with Crippen molar-refractivity contribution in [1.82, 2.24) is 4.31 Å². The number of sulfonamides is 1. The molecule has 5 heteroatoms. The van der Waals surface area contributed by atoms with E-state index in [0.717, 1.165) is 30.4 Å². The monoisotopic (exact) mass is 385 g/mol. The Labute approximate surface area is 162 Å². The van der Waals surface area contributed by atoms with Crippen LogP contribution >= 0.6 is 0 Å². The molecule has 0 radical (unpaired) electrons. The van der Waals surface area contributed by atoms with Gasteiger partial charge in [0, 0.05) is 6.04 Å². The van der Waals surface area contributed by atoms with E-state index in [2.05, 4.69) is 6.92 Å². The number of rotatable bonds is 7. The standard InChI is InChI=1S/C22H27NO3S/c1-4-5-11-19-16-21(26-3)22(18-9-7-6-8-10-18)23(19)27(24,25)20-14-12-17(2)13-15-20/h6-10,12-16,19,22H,4-5,11H2,1-3H3/t19-,22+/m1/s1. The van der Waals surface area contributed by atoms with E-state index < -0.39 is 16.1 Å². The molecule has 27 heavy (non-hydrogen) atoms. The smallest absolute Gasteiger partial charge is 0.244 e. The van der Waals surface area contributed by atoms with Gasteiger partial charge in [-0.3, -0.25) is 0 Å². The first-order valence-electron chi connectivity index (χ1n) is 9.40. The van der Waals surface area contributed by atoms with Crippen molar-refractivity contribution in [3.05, 3.63) is 77.6 Å². The van der Waals surface area contributed by atoms with Crippen molar-refractivity contribution in [3.8, 4) is 0 Å². The van der Waals surface area contributed by atoms with Gasteiger partial charge in [-0.25, -0.2) is 8.42 Å². The lowest BCUT2D eigenvalue weighted by atomic mass is 10.1. The minimum atomic E-state index is -3.67. The Balaban J connectivity index is 2.09. The summed E-state index contributed by atoms with van der Waals surface area (Å²) in [4.78, 5) is 0.321. The first-order chi connectivity index (χ1) is 13.0. The zero-order chi connectivity index (χ0) is 19.4. The summed E-state index contributed by atoms with van der Waals surface area (Å²) in [7, 11) is -2.06. The summed E-state index contributed by atoms with van der Waals surface area (Å²) < 4.78 is 34.5. The highest BCUT2D eigenvalue weighted by atomic mass is 32.2. The topological polar surface area (TPSA) is 46.6 Å². The van der Waals surface area contributed by atoms with Gasteiger partial charge in [0.2, 0.25) is 10.0 Å². The number of unbranched alkanes of at least 4 members (excludes halogenated alkanes) is 1. The van der Waals surface area contributed by atoms with Crippen LogP contribution in [0.5, 0.6) is 0 Å².